The molecule has 1 saturated carbocycles. The zero-order valence-corrected chi connectivity index (χ0v) is 27.8. The van der Waals surface area contributed by atoms with Gasteiger partial charge in [-0.2, -0.15) is 0 Å². The average molecular weight is 673 g/mol. The molecule has 0 atom stereocenters. The smallest absolute Gasteiger partial charge is 0.410 e. The maximum atomic E-state index is 12.9. The van der Waals surface area contributed by atoms with Crippen LogP contribution in [0.3, 0.4) is 0 Å². The molecule has 1 aromatic rings. The minimum atomic E-state index is -0.355. The van der Waals surface area contributed by atoms with E-state index in [1.165, 1.54) is 0 Å². The summed E-state index contributed by atoms with van der Waals surface area (Å²) in [4.78, 5) is 57.5. The van der Waals surface area contributed by atoms with Gasteiger partial charge in [-0.1, -0.05) is 12.1 Å². The average Bonchev–Trinajstić information content (AvgIpc) is 3.08. The number of hydrogen-bond acceptors (Lipinski definition) is 8. The van der Waals surface area contributed by atoms with Crippen molar-refractivity contribution in [1.29, 1.82) is 5.41 Å². The Kier molecular flexibility index (Phi) is 14.2. The topological polar surface area (TPSA) is 212 Å². The molecule has 0 aromatic heterocycles. The van der Waals surface area contributed by atoms with Crippen LogP contribution in [0, 0.1) is 5.41 Å². The number of urea groups is 2. The molecule has 0 bridgehead atoms. The molecule has 0 unspecified atom stereocenters. The zero-order valence-electron chi connectivity index (χ0n) is 27.8. The number of unbranched alkanes of at least 4 members (excludes halogenated alkanes) is 1. The molecule has 2 aliphatic heterocycles. The van der Waals surface area contributed by atoms with E-state index in [-0.39, 0.29) is 42.4 Å². The van der Waals surface area contributed by atoms with Crippen molar-refractivity contribution in [3.63, 3.8) is 0 Å². The molecule has 0 radical (unpaired) electrons. The zero-order chi connectivity index (χ0) is 34.3. The molecular formula is C32H52N10O6. The summed E-state index contributed by atoms with van der Waals surface area (Å²) in [6, 6.07) is 6.98. The third-order valence-electron chi connectivity index (χ3n) is 8.87. The fourth-order valence-electron chi connectivity index (χ4n) is 6.02. The molecule has 16 nitrogen and oxygen atoms in total. The molecule has 4 rings (SSSR count). The molecule has 8 N–H and O–H groups in total. The van der Waals surface area contributed by atoms with Crippen LogP contribution in [-0.2, 0) is 16.0 Å². The van der Waals surface area contributed by atoms with Gasteiger partial charge in [0, 0.05) is 71.1 Å². The molecule has 6 amide bonds. The molecular weight excluding hydrogens is 620 g/mol. The molecule has 1 aromatic carbocycles. The monoisotopic (exact) mass is 672 g/mol. The number of nitrogens with zero attached hydrogens (tertiary/aromatic N) is 4. The summed E-state index contributed by atoms with van der Waals surface area (Å²) in [5.41, 5.74) is 12.4. The van der Waals surface area contributed by atoms with Gasteiger partial charge in [-0.15, -0.1) is 0 Å². The van der Waals surface area contributed by atoms with Gasteiger partial charge in [-0.3, -0.25) is 5.41 Å². The minimum absolute atomic E-state index is 0.110. The van der Waals surface area contributed by atoms with Gasteiger partial charge in [0.2, 0.25) is 0 Å². The van der Waals surface area contributed by atoms with Gasteiger partial charge < -0.3 is 56.5 Å². The molecule has 266 valence electrons. The van der Waals surface area contributed by atoms with Crippen molar-refractivity contribution in [3.05, 3.63) is 29.8 Å². The predicted octanol–water partition coefficient (Wildman–Crippen LogP) is 2.25. The van der Waals surface area contributed by atoms with Crippen LogP contribution in [0.25, 0.3) is 0 Å². The second kappa shape index (κ2) is 18.8. The SMILES string of the molecule is N=C(N)Nc1ccc(CNC(=O)N2CCN(C(=O)OC3CCCC(OC(=O)N4CCN(C(=O)NCCCCN)CC4)CCC3)CC2)cc1. The lowest BCUT2D eigenvalue weighted by molar-refractivity contribution is 0.0197. The van der Waals surface area contributed by atoms with Crippen molar-refractivity contribution in [2.24, 2.45) is 11.5 Å². The number of piperazine rings is 2. The standard InChI is InChI=1S/C32H52N10O6/c33-13-1-2-14-36-29(43)39-15-19-41(20-16-39)31(45)47-26-5-3-7-27(8-4-6-26)48-32(46)42-21-17-40(18-22-42)30(44)37-23-24-9-11-25(12-10-24)38-28(34)35/h9-12,26-27H,1-8,13-23,33H2,(H,36,43)(H,37,44)(H4,34,35,38). The van der Waals surface area contributed by atoms with Gasteiger partial charge in [0.25, 0.3) is 0 Å². The lowest BCUT2D eigenvalue weighted by Crippen LogP contribution is -2.53. The highest BCUT2D eigenvalue weighted by Crippen LogP contribution is 2.24. The highest BCUT2D eigenvalue weighted by atomic mass is 16.6. The lowest BCUT2D eigenvalue weighted by atomic mass is 9.96. The van der Waals surface area contributed by atoms with E-state index in [9.17, 15) is 19.2 Å². The van der Waals surface area contributed by atoms with Crippen LogP contribution in [0.2, 0.25) is 0 Å². The molecule has 2 saturated heterocycles. The Morgan fingerprint density at radius 2 is 1.17 bits per heavy atom. The number of benzene rings is 1. The molecule has 48 heavy (non-hydrogen) atoms. The number of rotatable bonds is 9. The van der Waals surface area contributed by atoms with Gasteiger partial charge in [-0.05, 0) is 75.6 Å². The number of anilines is 1. The van der Waals surface area contributed by atoms with E-state index in [1.807, 2.05) is 12.1 Å². The Morgan fingerprint density at radius 3 is 1.62 bits per heavy atom. The van der Waals surface area contributed by atoms with Crippen LogP contribution < -0.4 is 27.4 Å². The normalized spacial score (nSPS) is 20.2. The van der Waals surface area contributed by atoms with Gasteiger partial charge in [0.15, 0.2) is 5.96 Å². The number of amides is 6. The van der Waals surface area contributed by atoms with Crippen molar-refractivity contribution in [2.45, 2.75) is 70.1 Å². The summed E-state index contributed by atoms with van der Waals surface area (Å²) in [6.07, 6.45) is 5.02. The summed E-state index contributed by atoms with van der Waals surface area (Å²) in [5.74, 6) is -0.140. The summed E-state index contributed by atoms with van der Waals surface area (Å²) >= 11 is 0. The van der Waals surface area contributed by atoms with E-state index in [4.69, 9.17) is 26.4 Å². The quantitative estimate of drug-likeness (QED) is 0.129. The van der Waals surface area contributed by atoms with Crippen LogP contribution in [0.15, 0.2) is 24.3 Å². The van der Waals surface area contributed by atoms with E-state index in [1.54, 1.807) is 31.7 Å². The van der Waals surface area contributed by atoms with Crippen LogP contribution in [0.1, 0.15) is 56.9 Å². The van der Waals surface area contributed by atoms with Crippen molar-refractivity contribution in [3.8, 4) is 0 Å². The van der Waals surface area contributed by atoms with E-state index in [0.29, 0.717) is 103 Å². The highest BCUT2D eigenvalue weighted by Gasteiger charge is 2.30. The third-order valence-corrected chi connectivity index (χ3v) is 8.87. The first kappa shape index (κ1) is 36.4. The molecule has 3 aliphatic rings. The largest absolute Gasteiger partial charge is 0.446 e. The molecule has 1 aliphatic carbocycles. The Labute approximate surface area is 282 Å². The van der Waals surface area contributed by atoms with E-state index in [2.05, 4.69) is 16.0 Å². The Bertz CT molecular complexity index is 1210. The maximum Gasteiger partial charge on any atom is 0.410 e. The minimum Gasteiger partial charge on any atom is -0.446 e. The van der Waals surface area contributed by atoms with Crippen molar-refractivity contribution in [2.75, 3.05) is 70.8 Å². The second-order valence-electron chi connectivity index (χ2n) is 12.4. The van der Waals surface area contributed by atoms with Gasteiger partial charge in [0.1, 0.15) is 12.2 Å². The first-order chi connectivity index (χ1) is 23.2. The summed E-state index contributed by atoms with van der Waals surface area (Å²) in [7, 11) is 0. The Morgan fingerprint density at radius 1 is 0.708 bits per heavy atom. The highest BCUT2D eigenvalue weighted by molar-refractivity contribution is 5.89. The predicted molar refractivity (Wildman–Crippen MR) is 180 cm³/mol. The maximum absolute atomic E-state index is 12.9. The van der Waals surface area contributed by atoms with E-state index in [0.717, 1.165) is 31.2 Å². The molecule has 2 heterocycles. The summed E-state index contributed by atoms with van der Waals surface area (Å²) in [5, 5.41) is 15.8. The fraction of sp³-hybridized carbons (Fsp3) is 0.656. The lowest BCUT2D eigenvalue weighted by Gasteiger charge is -2.36. The summed E-state index contributed by atoms with van der Waals surface area (Å²) in [6.45, 7) is 5.00. The van der Waals surface area contributed by atoms with E-state index < -0.39 is 0 Å². The van der Waals surface area contributed by atoms with Crippen molar-refractivity contribution < 1.29 is 28.7 Å². The number of carbonyl (C=O) groups excluding carboxylic acids is 4. The Hall–Kier alpha value is -4.47. The van der Waals surface area contributed by atoms with Gasteiger partial charge >= 0.3 is 24.2 Å². The first-order valence-electron chi connectivity index (χ1n) is 17.1. The van der Waals surface area contributed by atoms with Crippen molar-refractivity contribution >= 4 is 35.9 Å². The van der Waals surface area contributed by atoms with Crippen molar-refractivity contribution in [1.82, 2.24) is 30.2 Å². The van der Waals surface area contributed by atoms with Crippen LogP contribution in [0.4, 0.5) is 24.9 Å². The van der Waals surface area contributed by atoms with Crippen LogP contribution in [0.5, 0.6) is 0 Å². The van der Waals surface area contributed by atoms with Gasteiger partial charge in [0.05, 0.1) is 0 Å². The summed E-state index contributed by atoms with van der Waals surface area (Å²) < 4.78 is 11.7. The second-order valence-corrected chi connectivity index (χ2v) is 12.4. The Balaban J connectivity index is 1.08. The fourth-order valence-corrected chi connectivity index (χ4v) is 6.02. The van der Waals surface area contributed by atoms with Crippen LogP contribution in [-0.4, -0.2) is 127 Å². The number of nitrogens with two attached hydrogens (primary N) is 2. The third kappa shape index (κ3) is 11.6. The number of nitrogens with one attached hydrogen (secondary N) is 4. The molecule has 0 spiro atoms. The first-order valence-corrected chi connectivity index (χ1v) is 17.1. The van der Waals surface area contributed by atoms with Gasteiger partial charge in [-0.25, -0.2) is 19.2 Å². The number of guanidine groups is 1. The number of hydrogen-bond donors (Lipinski definition) is 6. The molecule has 16 heteroatoms. The number of ether oxygens (including phenoxy) is 2. The van der Waals surface area contributed by atoms with Crippen LogP contribution >= 0.6 is 0 Å². The number of carbonyl (C=O) groups is 4. The van der Waals surface area contributed by atoms with E-state index >= 15 is 0 Å². The molecule has 3 fully saturated rings.